The molecule has 4 heteroatoms. The Morgan fingerprint density at radius 1 is 0.645 bits per heavy atom. The molecule has 0 spiro atoms. The van der Waals surface area contributed by atoms with Gasteiger partial charge in [0.05, 0.1) is 26.4 Å². The molecule has 0 radical (unpaired) electrons. The van der Waals surface area contributed by atoms with Crippen LogP contribution in [0.2, 0.25) is 0 Å². The molecule has 0 aromatic carbocycles. The highest BCUT2D eigenvalue weighted by atomic mass is 16.5. The van der Waals surface area contributed by atoms with E-state index in [-0.39, 0.29) is 10.8 Å². The lowest BCUT2D eigenvalue weighted by Crippen LogP contribution is -2.34. The van der Waals surface area contributed by atoms with Gasteiger partial charge in [0.1, 0.15) is 0 Å². The summed E-state index contributed by atoms with van der Waals surface area (Å²) in [5.41, 5.74) is 0.379. The number of unbranched alkanes of at least 4 members (excludes halogenated alkanes) is 1. The van der Waals surface area contributed by atoms with Crippen LogP contribution in [-0.2, 0) is 18.9 Å². The number of rotatable bonds is 18. The first-order chi connectivity index (χ1) is 14.6. The van der Waals surface area contributed by atoms with E-state index in [1.807, 2.05) is 0 Å². The molecule has 0 amide bonds. The van der Waals surface area contributed by atoms with Gasteiger partial charge in [0.25, 0.3) is 0 Å². The molecule has 0 aromatic rings. The van der Waals surface area contributed by atoms with Crippen molar-refractivity contribution >= 4 is 0 Å². The normalized spacial score (nSPS) is 13.5. The predicted octanol–water partition coefficient (Wildman–Crippen LogP) is 7.25. The first kappa shape index (κ1) is 33.0. The monoisotopic (exact) mass is 446 g/mol. The number of hydrogen-bond donors (Lipinski definition) is 0. The second-order valence-electron chi connectivity index (χ2n) is 10.9. The van der Waals surface area contributed by atoms with Crippen molar-refractivity contribution in [1.82, 2.24) is 0 Å². The fraction of sp³-hybridized carbons (Fsp3) is 1.00. The molecule has 0 N–H and O–H groups in total. The largest absolute Gasteiger partial charge is 0.384 e. The van der Waals surface area contributed by atoms with E-state index in [4.69, 9.17) is 18.9 Å². The number of ether oxygens (including phenoxy) is 4. The summed E-state index contributed by atoms with van der Waals surface area (Å²) in [5, 5.41) is 0. The average molecular weight is 447 g/mol. The van der Waals surface area contributed by atoms with Crippen molar-refractivity contribution < 1.29 is 18.9 Å². The molecule has 0 saturated heterocycles. The maximum absolute atomic E-state index is 5.38. The minimum absolute atomic E-state index is 0.178. The Kier molecular flexibility index (Phi) is 20.6. The van der Waals surface area contributed by atoms with Crippen molar-refractivity contribution in [2.75, 3.05) is 54.9 Å². The van der Waals surface area contributed by atoms with Crippen LogP contribution in [0.25, 0.3) is 0 Å². The van der Waals surface area contributed by atoms with Crippen LogP contribution in [0.4, 0.5) is 0 Å². The Morgan fingerprint density at radius 3 is 1.35 bits per heavy atom. The van der Waals surface area contributed by atoms with Crippen LogP contribution >= 0.6 is 0 Å². The molecule has 31 heavy (non-hydrogen) atoms. The SMILES string of the molecule is CCCCC(CC)CC(C)(COC)COC.COCC(COC)(CC(C)C)CC(C)C. The fourth-order valence-electron chi connectivity index (χ4n) is 5.20. The van der Waals surface area contributed by atoms with Gasteiger partial charge in [-0.2, -0.15) is 0 Å². The van der Waals surface area contributed by atoms with Crippen LogP contribution in [0.5, 0.6) is 0 Å². The molecule has 0 aromatic heterocycles. The zero-order valence-corrected chi connectivity index (χ0v) is 23.1. The van der Waals surface area contributed by atoms with Crippen molar-refractivity contribution in [3.05, 3.63) is 0 Å². The second kappa shape index (κ2) is 19.3. The Morgan fingerprint density at radius 2 is 1.06 bits per heavy atom. The molecule has 0 aliphatic carbocycles. The highest BCUT2D eigenvalue weighted by Gasteiger charge is 2.32. The summed E-state index contributed by atoms with van der Waals surface area (Å²) in [6.07, 6.45) is 8.81. The van der Waals surface area contributed by atoms with Gasteiger partial charge in [-0.05, 0) is 37.0 Å². The van der Waals surface area contributed by atoms with Crippen molar-refractivity contribution in [3.8, 4) is 0 Å². The first-order valence-corrected chi connectivity index (χ1v) is 12.5. The molecule has 0 saturated carbocycles. The standard InChI is InChI=1S/C14H30O2.C13H28O2/c1-6-8-9-13(7-2)10-14(3,11-15-4)12-16-5;1-11(2)7-13(9-14-5,10-15-6)8-12(3)4/h13H,6-12H2,1-5H3;11-12H,7-10H2,1-6H3. The maximum Gasteiger partial charge on any atom is 0.0540 e. The third-order valence-electron chi connectivity index (χ3n) is 5.89. The fourth-order valence-corrected chi connectivity index (χ4v) is 5.20. The lowest BCUT2D eigenvalue weighted by Gasteiger charge is -2.35. The van der Waals surface area contributed by atoms with E-state index < -0.39 is 0 Å². The highest BCUT2D eigenvalue weighted by molar-refractivity contribution is 4.81. The van der Waals surface area contributed by atoms with Gasteiger partial charge in [-0.15, -0.1) is 0 Å². The van der Waals surface area contributed by atoms with E-state index in [9.17, 15) is 0 Å². The summed E-state index contributed by atoms with van der Waals surface area (Å²) in [5.74, 6) is 2.19. The zero-order valence-electron chi connectivity index (χ0n) is 23.1. The van der Waals surface area contributed by atoms with Crippen LogP contribution in [0.1, 0.15) is 93.4 Å². The van der Waals surface area contributed by atoms with Gasteiger partial charge in [0.15, 0.2) is 0 Å². The topological polar surface area (TPSA) is 36.9 Å². The molecule has 0 bridgehead atoms. The summed E-state index contributed by atoms with van der Waals surface area (Å²) in [6.45, 7) is 19.1. The Labute approximate surface area is 196 Å². The molecule has 1 unspecified atom stereocenters. The Hall–Kier alpha value is -0.160. The van der Waals surface area contributed by atoms with E-state index in [1.54, 1.807) is 28.4 Å². The third-order valence-corrected chi connectivity index (χ3v) is 5.89. The first-order valence-electron chi connectivity index (χ1n) is 12.5. The van der Waals surface area contributed by atoms with Gasteiger partial charge in [-0.1, -0.05) is 74.1 Å². The Bertz CT molecular complexity index is 357. The van der Waals surface area contributed by atoms with Gasteiger partial charge < -0.3 is 18.9 Å². The summed E-state index contributed by atoms with van der Waals surface area (Å²) in [4.78, 5) is 0. The van der Waals surface area contributed by atoms with Gasteiger partial charge >= 0.3 is 0 Å². The average Bonchev–Trinajstić information content (AvgIpc) is 2.65. The van der Waals surface area contributed by atoms with E-state index in [0.29, 0.717) is 11.8 Å². The quantitative estimate of drug-likeness (QED) is 0.222. The molecule has 0 heterocycles. The van der Waals surface area contributed by atoms with Crippen molar-refractivity contribution in [2.45, 2.75) is 93.4 Å². The molecule has 0 fully saturated rings. The van der Waals surface area contributed by atoms with Crippen LogP contribution in [0.3, 0.4) is 0 Å². The van der Waals surface area contributed by atoms with Crippen LogP contribution in [0, 0.1) is 28.6 Å². The van der Waals surface area contributed by atoms with Crippen LogP contribution in [-0.4, -0.2) is 54.9 Å². The molecule has 1 atom stereocenters. The third kappa shape index (κ3) is 17.0. The van der Waals surface area contributed by atoms with E-state index in [2.05, 4.69) is 48.5 Å². The van der Waals surface area contributed by atoms with Gasteiger partial charge in [0.2, 0.25) is 0 Å². The van der Waals surface area contributed by atoms with Crippen molar-refractivity contribution in [1.29, 1.82) is 0 Å². The lowest BCUT2D eigenvalue weighted by atomic mass is 9.75. The van der Waals surface area contributed by atoms with Gasteiger partial charge in [-0.3, -0.25) is 0 Å². The minimum atomic E-state index is 0.178. The van der Waals surface area contributed by atoms with Gasteiger partial charge in [0, 0.05) is 39.3 Å². The van der Waals surface area contributed by atoms with Crippen molar-refractivity contribution in [3.63, 3.8) is 0 Å². The Balaban J connectivity index is 0. The molecule has 0 aliphatic heterocycles. The zero-order chi connectivity index (χ0) is 24.3. The summed E-state index contributed by atoms with van der Waals surface area (Å²) < 4.78 is 21.4. The summed E-state index contributed by atoms with van der Waals surface area (Å²) in [7, 11) is 7.12. The van der Waals surface area contributed by atoms with E-state index in [1.165, 1.54) is 44.9 Å². The molecule has 0 rings (SSSR count). The lowest BCUT2D eigenvalue weighted by molar-refractivity contribution is -0.0163. The second-order valence-corrected chi connectivity index (χ2v) is 10.9. The predicted molar refractivity (Wildman–Crippen MR) is 135 cm³/mol. The van der Waals surface area contributed by atoms with E-state index in [0.717, 1.165) is 32.3 Å². The van der Waals surface area contributed by atoms with Gasteiger partial charge in [-0.25, -0.2) is 0 Å². The summed E-state index contributed by atoms with van der Waals surface area (Å²) in [6, 6.07) is 0. The number of methoxy groups -OCH3 is 4. The van der Waals surface area contributed by atoms with Crippen molar-refractivity contribution in [2.24, 2.45) is 28.6 Å². The minimum Gasteiger partial charge on any atom is -0.384 e. The number of hydrogen-bond acceptors (Lipinski definition) is 4. The highest BCUT2D eigenvalue weighted by Crippen LogP contribution is 2.34. The maximum atomic E-state index is 5.38. The summed E-state index contributed by atoms with van der Waals surface area (Å²) >= 11 is 0. The van der Waals surface area contributed by atoms with E-state index >= 15 is 0 Å². The molecule has 0 aliphatic rings. The van der Waals surface area contributed by atoms with Crippen LogP contribution in [0.15, 0.2) is 0 Å². The molecular weight excluding hydrogens is 388 g/mol. The molecule has 190 valence electrons. The molecule has 4 nitrogen and oxygen atoms in total. The smallest absolute Gasteiger partial charge is 0.0540 e. The molecular formula is C27H58O4. The van der Waals surface area contributed by atoms with Crippen LogP contribution < -0.4 is 0 Å².